The quantitative estimate of drug-likeness (QED) is 0.786. The van der Waals surface area contributed by atoms with Crippen LogP contribution in [0.3, 0.4) is 0 Å². The third-order valence-electron chi connectivity index (χ3n) is 2.46. The predicted molar refractivity (Wildman–Crippen MR) is 58.8 cm³/mol. The number of hydrogen-bond acceptors (Lipinski definition) is 2. The van der Waals surface area contributed by atoms with Gasteiger partial charge in [0.05, 0.1) is 5.52 Å². The molecule has 0 aliphatic carbocycles. The van der Waals surface area contributed by atoms with E-state index in [0.29, 0.717) is 5.92 Å². The van der Waals surface area contributed by atoms with Gasteiger partial charge in [-0.2, -0.15) is 0 Å². The van der Waals surface area contributed by atoms with Crippen molar-refractivity contribution >= 4 is 11.3 Å². The van der Waals surface area contributed by atoms with Gasteiger partial charge in [-0.25, -0.2) is 4.98 Å². The Balaban J connectivity index is 2.57. The van der Waals surface area contributed by atoms with Gasteiger partial charge in [-0.15, -0.1) is 0 Å². The fraction of sp³-hybridized carbons (Fsp3) is 0.364. The Bertz CT molecular complexity index is 443. The molecule has 0 aliphatic heterocycles. The monoisotopic (exact) mass is 189 g/mol. The summed E-state index contributed by atoms with van der Waals surface area (Å²) in [6, 6.07) is 4.26. The van der Waals surface area contributed by atoms with Crippen LogP contribution in [-0.2, 0) is 0 Å². The zero-order valence-electron chi connectivity index (χ0n) is 8.78. The van der Waals surface area contributed by atoms with Gasteiger partial charge >= 0.3 is 0 Å². The summed E-state index contributed by atoms with van der Waals surface area (Å²) in [7, 11) is 1.89. The molecule has 0 atom stereocenters. The fourth-order valence-electron chi connectivity index (χ4n) is 1.55. The summed E-state index contributed by atoms with van der Waals surface area (Å²) in [6.45, 7) is 4.38. The van der Waals surface area contributed by atoms with Crippen molar-refractivity contribution in [2.75, 3.05) is 12.4 Å². The molecule has 0 amide bonds. The molecule has 0 unspecified atom stereocenters. The van der Waals surface area contributed by atoms with Gasteiger partial charge in [-0.3, -0.25) is 0 Å². The Morgan fingerprint density at radius 2 is 2.14 bits per heavy atom. The van der Waals surface area contributed by atoms with E-state index in [2.05, 4.69) is 46.9 Å². The molecule has 0 aromatic carbocycles. The number of imidazole rings is 1. The maximum Gasteiger partial charge on any atom is 0.151 e. The number of fused-ring (bicyclic) bond motifs is 1. The van der Waals surface area contributed by atoms with Crippen LogP contribution in [0.2, 0.25) is 0 Å². The first-order chi connectivity index (χ1) is 6.72. The van der Waals surface area contributed by atoms with Crippen molar-refractivity contribution in [1.29, 1.82) is 0 Å². The van der Waals surface area contributed by atoms with Crippen LogP contribution in [0.15, 0.2) is 24.7 Å². The molecule has 0 saturated heterocycles. The molecule has 0 spiro atoms. The number of hydrogen-bond donors (Lipinski definition) is 1. The van der Waals surface area contributed by atoms with E-state index in [1.165, 1.54) is 5.56 Å². The van der Waals surface area contributed by atoms with Crippen molar-refractivity contribution in [2.45, 2.75) is 19.8 Å². The SMILES string of the molecule is CNc1ncn2cc(C(C)C)ccc12. The maximum absolute atomic E-state index is 4.27. The highest BCUT2D eigenvalue weighted by atomic mass is 15.1. The van der Waals surface area contributed by atoms with E-state index in [1.54, 1.807) is 0 Å². The topological polar surface area (TPSA) is 29.3 Å². The standard InChI is InChI=1S/C11H15N3/c1-8(2)9-4-5-10-11(12-3)13-7-14(10)6-9/h4-8,12H,1-3H3. The Morgan fingerprint density at radius 1 is 1.36 bits per heavy atom. The van der Waals surface area contributed by atoms with Crippen LogP contribution in [0.25, 0.3) is 5.52 Å². The average Bonchev–Trinajstić information content (AvgIpc) is 2.59. The Labute approximate surface area is 83.8 Å². The van der Waals surface area contributed by atoms with E-state index in [9.17, 15) is 0 Å². The molecule has 2 heterocycles. The lowest BCUT2D eigenvalue weighted by Gasteiger charge is -2.05. The number of nitrogens with one attached hydrogen (secondary N) is 1. The second kappa shape index (κ2) is 3.33. The van der Waals surface area contributed by atoms with Crippen molar-refractivity contribution in [1.82, 2.24) is 9.38 Å². The van der Waals surface area contributed by atoms with Crippen molar-refractivity contribution in [3.8, 4) is 0 Å². The summed E-state index contributed by atoms with van der Waals surface area (Å²) in [5, 5.41) is 3.07. The zero-order chi connectivity index (χ0) is 10.1. The van der Waals surface area contributed by atoms with Crippen molar-refractivity contribution in [3.05, 3.63) is 30.2 Å². The molecule has 14 heavy (non-hydrogen) atoms. The van der Waals surface area contributed by atoms with Gasteiger partial charge in [0.2, 0.25) is 0 Å². The number of nitrogens with zero attached hydrogens (tertiary/aromatic N) is 2. The van der Waals surface area contributed by atoms with Crippen molar-refractivity contribution < 1.29 is 0 Å². The summed E-state index contributed by atoms with van der Waals surface area (Å²) in [4.78, 5) is 4.27. The minimum atomic E-state index is 0.555. The highest BCUT2D eigenvalue weighted by molar-refractivity contribution is 5.68. The number of pyridine rings is 1. The summed E-state index contributed by atoms with van der Waals surface area (Å²) >= 11 is 0. The maximum atomic E-state index is 4.27. The lowest BCUT2D eigenvalue weighted by atomic mass is 10.1. The van der Waals surface area contributed by atoms with Crippen molar-refractivity contribution in [2.24, 2.45) is 0 Å². The molecule has 0 bridgehead atoms. The smallest absolute Gasteiger partial charge is 0.151 e. The van der Waals surface area contributed by atoms with Gasteiger partial charge in [0.25, 0.3) is 0 Å². The summed E-state index contributed by atoms with van der Waals surface area (Å²) in [6.07, 6.45) is 3.97. The largest absolute Gasteiger partial charge is 0.371 e. The molecule has 2 rings (SSSR count). The molecular weight excluding hydrogens is 174 g/mol. The van der Waals surface area contributed by atoms with Crippen LogP contribution in [0, 0.1) is 0 Å². The van der Waals surface area contributed by atoms with Gasteiger partial charge < -0.3 is 9.72 Å². The molecule has 3 nitrogen and oxygen atoms in total. The Kier molecular flexibility index (Phi) is 2.15. The minimum Gasteiger partial charge on any atom is -0.371 e. The highest BCUT2D eigenvalue weighted by Gasteiger charge is 2.04. The lowest BCUT2D eigenvalue weighted by molar-refractivity contribution is 0.853. The summed E-state index contributed by atoms with van der Waals surface area (Å²) in [5.41, 5.74) is 2.45. The third kappa shape index (κ3) is 1.35. The number of aromatic nitrogens is 2. The highest BCUT2D eigenvalue weighted by Crippen LogP contribution is 2.19. The predicted octanol–water partition coefficient (Wildman–Crippen LogP) is 2.50. The molecule has 74 valence electrons. The third-order valence-corrected chi connectivity index (χ3v) is 2.46. The van der Waals surface area contributed by atoms with Crippen LogP contribution in [0.1, 0.15) is 25.3 Å². The van der Waals surface area contributed by atoms with E-state index in [1.807, 2.05) is 13.4 Å². The zero-order valence-corrected chi connectivity index (χ0v) is 8.78. The van der Waals surface area contributed by atoms with Crippen LogP contribution in [0.5, 0.6) is 0 Å². The number of rotatable bonds is 2. The fourth-order valence-corrected chi connectivity index (χ4v) is 1.55. The molecule has 0 aliphatic rings. The summed E-state index contributed by atoms with van der Waals surface area (Å²) < 4.78 is 2.06. The van der Waals surface area contributed by atoms with Crippen LogP contribution >= 0.6 is 0 Å². The van der Waals surface area contributed by atoms with Crippen LogP contribution in [-0.4, -0.2) is 16.4 Å². The normalized spacial score (nSPS) is 11.1. The van der Waals surface area contributed by atoms with E-state index in [-0.39, 0.29) is 0 Å². The Morgan fingerprint density at radius 3 is 2.79 bits per heavy atom. The van der Waals surface area contributed by atoms with E-state index in [0.717, 1.165) is 11.3 Å². The first-order valence-electron chi connectivity index (χ1n) is 4.86. The van der Waals surface area contributed by atoms with Gasteiger partial charge in [-0.1, -0.05) is 19.9 Å². The van der Waals surface area contributed by atoms with Crippen LogP contribution < -0.4 is 5.32 Å². The van der Waals surface area contributed by atoms with Gasteiger partial charge in [-0.05, 0) is 17.5 Å². The van der Waals surface area contributed by atoms with Crippen molar-refractivity contribution in [3.63, 3.8) is 0 Å². The lowest BCUT2D eigenvalue weighted by Crippen LogP contribution is -1.92. The van der Waals surface area contributed by atoms with E-state index < -0.39 is 0 Å². The molecule has 0 saturated carbocycles. The second-order valence-corrected chi connectivity index (χ2v) is 3.75. The molecule has 0 fully saturated rings. The summed E-state index contributed by atoms with van der Waals surface area (Å²) in [5.74, 6) is 1.49. The van der Waals surface area contributed by atoms with Crippen LogP contribution in [0.4, 0.5) is 5.82 Å². The molecule has 2 aromatic rings. The average molecular weight is 189 g/mol. The first-order valence-corrected chi connectivity index (χ1v) is 4.86. The van der Waals surface area contributed by atoms with Gasteiger partial charge in [0, 0.05) is 13.2 Å². The minimum absolute atomic E-state index is 0.555. The van der Waals surface area contributed by atoms with E-state index in [4.69, 9.17) is 0 Å². The molecule has 2 aromatic heterocycles. The first kappa shape index (κ1) is 9.06. The second-order valence-electron chi connectivity index (χ2n) is 3.75. The van der Waals surface area contributed by atoms with Gasteiger partial charge in [0.1, 0.15) is 6.33 Å². The van der Waals surface area contributed by atoms with Gasteiger partial charge in [0.15, 0.2) is 5.82 Å². The molecular formula is C11H15N3. The number of anilines is 1. The Hall–Kier alpha value is -1.51. The molecule has 0 radical (unpaired) electrons. The van der Waals surface area contributed by atoms with E-state index >= 15 is 0 Å². The molecule has 3 heteroatoms. The molecule has 1 N–H and O–H groups in total.